The monoisotopic (exact) mass is 385 g/mol. The molecule has 1 heterocycles. The number of hydrogen-bond acceptors (Lipinski definition) is 2. The van der Waals surface area contributed by atoms with Crippen LogP contribution in [0.1, 0.15) is 27.9 Å². The Hall–Kier alpha value is -2.84. The van der Waals surface area contributed by atoms with E-state index < -0.39 is 23.5 Å². The van der Waals surface area contributed by atoms with Gasteiger partial charge >= 0.3 is 12.4 Å². The van der Waals surface area contributed by atoms with Crippen molar-refractivity contribution in [2.24, 2.45) is 0 Å². The standard InChI is InChI=1S/C18H13F6N3/c1-10-16(26-27-25-10)13-4-2-3-11(6-13)5-12-7-14(17(19,20)21)9-15(8-12)18(22,23)24/h2-4,6-9H,5H2,1H3,(H,25,26,27). The van der Waals surface area contributed by atoms with Crippen LogP contribution in [0.4, 0.5) is 26.3 Å². The molecule has 3 aromatic rings. The fourth-order valence-corrected chi connectivity index (χ4v) is 2.74. The number of alkyl halides is 6. The SMILES string of the molecule is Cc1n[nH]nc1-c1cccc(Cc2cc(C(F)(F)F)cc(C(F)(F)F)c2)c1. The highest BCUT2D eigenvalue weighted by Gasteiger charge is 2.36. The predicted octanol–water partition coefficient (Wildman–Crippen LogP) is 5.41. The molecule has 0 unspecified atom stereocenters. The molecule has 0 aliphatic heterocycles. The Morgan fingerprint density at radius 2 is 1.44 bits per heavy atom. The van der Waals surface area contributed by atoms with E-state index in [2.05, 4.69) is 15.4 Å². The number of rotatable bonds is 3. The third kappa shape index (κ3) is 4.29. The maximum Gasteiger partial charge on any atom is 0.416 e. The summed E-state index contributed by atoms with van der Waals surface area (Å²) >= 11 is 0. The normalized spacial score (nSPS) is 12.4. The first-order valence-corrected chi connectivity index (χ1v) is 7.79. The lowest BCUT2D eigenvalue weighted by Gasteiger charge is -2.14. The zero-order valence-corrected chi connectivity index (χ0v) is 13.9. The molecule has 0 radical (unpaired) electrons. The van der Waals surface area contributed by atoms with Gasteiger partial charge in [0, 0.05) is 5.56 Å². The largest absolute Gasteiger partial charge is 0.416 e. The van der Waals surface area contributed by atoms with Crippen molar-refractivity contribution in [3.05, 3.63) is 70.4 Å². The van der Waals surface area contributed by atoms with Gasteiger partial charge in [-0.25, -0.2) is 0 Å². The second-order valence-electron chi connectivity index (χ2n) is 6.05. The Kier molecular flexibility index (Phi) is 4.71. The van der Waals surface area contributed by atoms with Crippen LogP contribution in [0.3, 0.4) is 0 Å². The molecule has 1 N–H and O–H groups in total. The van der Waals surface area contributed by atoms with Crippen LogP contribution in [0, 0.1) is 6.92 Å². The molecule has 27 heavy (non-hydrogen) atoms. The summed E-state index contributed by atoms with van der Waals surface area (Å²) in [4.78, 5) is 0. The lowest BCUT2D eigenvalue weighted by molar-refractivity contribution is -0.143. The molecule has 0 amide bonds. The van der Waals surface area contributed by atoms with Gasteiger partial charge in [-0.15, -0.1) is 0 Å². The molecule has 0 atom stereocenters. The van der Waals surface area contributed by atoms with E-state index in [0.29, 0.717) is 22.5 Å². The van der Waals surface area contributed by atoms with E-state index in [1.807, 2.05) is 0 Å². The lowest BCUT2D eigenvalue weighted by Crippen LogP contribution is -2.12. The smallest absolute Gasteiger partial charge is 0.197 e. The molecular weight excluding hydrogens is 372 g/mol. The first-order chi connectivity index (χ1) is 12.5. The summed E-state index contributed by atoms with van der Waals surface area (Å²) in [6.45, 7) is 1.73. The maximum absolute atomic E-state index is 13.0. The van der Waals surface area contributed by atoms with Crippen LogP contribution in [0.25, 0.3) is 11.3 Å². The molecule has 142 valence electrons. The van der Waals surface area contributed by atoms with Crippen LogP contribution in [-0.2, 0) is 18.8 Å². The number of aromatic nitrogens is 3. The highest BCUT2D eigenvalue weighted by molar-refractivity contribution is 5.62. The van der Waals surface area contributed by atoms with E-state index in [0.717, 1.165) is 12.1 Å². The van der Waals surface area contributed by atoms with Crippen LogP contribution < -0.4 is 0 Å². The zero-order valence-electron chi connectivity index (χ0n) is 13.9. The molecule has 9 heteroatoms. The van der Waals surface area contributed by atoms with Gasteiger partial charge in [-0.3, -0.25) is 0 Å². The second kappa shape index (κ2) is 6.71. The van der Waals surface area contributed by atoms with Crippen LogP contribution in [0.2, 0.25) is 0 Å². The Bertz CT molecular complexity index is 924. The van der Waals surface area contributed by atoms with E-state index >= 15 is 0 Å². The van der Waals surface area contributed by atoms with E-state index in [9.17, 15) is 26.3 Å². The second-order valence-corrected chi connectivity index (χ2v) is 6.05. The minimum absolute atomic E-state index is 0.0776. The average molecular weight is 385 g/mol. The molecule has 1 aromatic heterocycles. The molecule has 3 rings (SSSR count). The number of hydrogen-bond donors (Lipinski definition) is 1. The molecule has 0 aliphatic rings. The number of halogens is 6. The summed E-state index contributed by atoms with van der Waals surface area (Å²) in [5.74, 6) is 0. The van der Waals surface area contributed by atoms with E-state index in [1.54, 1.807) is 31.2 Å². The van der Waals surface area contributed by atoms with Gasteiger partial charge in [0.15, 0.2) is 0 Å². The first kappa shape index (κ1) is 18.9. The molecule has 0 bridgehead atoms. The summed E-state index contributed by atoms with van der Waals surface area (Å²) in [5, 5.41) is 10.4. The predicted molar refractivity (Wildman–Crippen MR) is 85.8 cm³/mol. The summed E-state index contributed by atoms with van der Waals surface area (Å²) in [6.07, 6.45) is -9.82. The average Bonchev–Trinajstić information content (AvgIpc) is 2.99. The maximum atomic E-state index is 13.0. The van der Waals surface area contributed by atoms with E-state index in [1.165, 1.54) is 0 Å². The van der Waals surface area contributed by atoms with Crippen molar-refractivity contribution in [2.45, 2.75) is 25.7 Å². The number of H-pyrrole nitrogens is 1. The molecular formula is C18H13F6N3. The van der Waals surface area contributed by atoms with Crippen molar-refractivity contribution in [1.29, 1.82) is 0 Å². The summed E-state index contributed by atoms with van der Waals surface area (Å²) in [5.41, 5.74) is -0.301. The fourth-order valence-electron chi connectivity index (χ4n) is 2.74. The molecule has 0 spiro atoms. The van der Waals surface area contributed by atoms with E-state index in [-0.39, 0.29) is 18.1 Å². The van der Waals surface area contributed by atoms with E-state index in [4.69, 9.17) is 0 Å². The minimum Gasteiger partial charge on any atom is -0.197 e. The molecule has 3 nitrogen and oxygen atoms in total. The first-order valence-electron chi connectivity index (χ1n) is 7.79. The third-order valence-corrected chi connectivity index (χ3v) is 3.98. The molecule has 0 saturated carbocycles. The topological polar surface area (TPSA) is 41.6 Å². The Labute approximate surface area is 150 Å². The minimum atomic E-state index is -4.87. The Morgan fingerprint density at radius 3 is 1.96 bits per heavy atom. The van der Waals surface area contributed by atoms with Gasteiger partial charge < -0.3 is 0 Å². The van der Waals surface area contributed by atoms with Crippen molar-refractivity contribution >= 4 is 0 Å². The van der Waals surface area contributed by atoms with Crippen molar-refractivity contribution in [3.63, 3.8) is 0 Å². The van der Waals surface area contributed by atoms with Crippen LogP contribution in [-0.4, -0.2) is 15.4 Å². The number of benzene rings is 2. The number of nitrogens with one attached hydrogen (secondary N) is 1. The van der Waals surface area contributed by atoms with Gasteiger partial charge in [0.05, 0.1) is 16.8 Å². The van der Waals surface area contributed by atoms with Crippen molar-refractivity contribution in [3.8, 4) is 11.3 Å². The summed E-state index contributed by atoms with van der Waals surface area (Å²) in [7, 11) is 0. The number of aryl methyl sites for hydroxylation is 1. The number of aromatic amines is 1. The highest BCUT2D eigenvalue weighted by Crippen LogP contribution is 2.36. The lowest BCUT2D eigenvalue weighted by atomic mass is 9.97. The fraction of sp³-hybridized carbons (Fsp3) is 0.222. The third-order valence-electron chi connectivity index (χ3n) is 3.98. The van der Waals surface area contributed by atoms with Gasteiger partial charge in [-0.2, -0.15) is 41.8 Å². The van der Waals surface area contributed by atoms with Crippen molar-refractivity contribution < 1.29 is 26.3 Å². The van der Waals surface area contributed by atoms with Crippen molar-refractivity contribution in [1.82, 2.24) is 15.4 Å². The van der Waals surface area contributed by atoms with Crippen LogP contribution in [0.15, 0.2) is 42.5 Å². The van der Waals surface area contributed by atoms with Crippen LogP contribution >= 0.6 is 0 Å². The Morgan fingerprint density at radius 1 is 0.815 bits per heavy atom. The van der Waals surface area contributed by atoms with Gasteiger partial charge in [0.2, 0.25) is 0 Å². The van der Waals surface area contributed by atoms with Gasteiger partial charge in [0.1, 0.15) is 5.69 Å². The Balaban J connectivity index is 1.99. The quantitative estimate of drug-likeness (QED) is 0.613. The summed E-state index contributed by atoms with van der Waals surface area (Å²) in [6, 6.07) is 8.30. The van der Waals surface area contributed by atoms with Gasteiger partial charge in [-0.1, -0.05) is 18.2 Å². The van der Waals surface area contributed by atoms with Gasteiger partial charge in [0.25, 0.3) is 0 Å². The number of nitrogens with zero attached hydrogens (tertiary/aromatic N) is 2. The summed E-state index contributed by atoms with van der Waals surface area (Å²) < 4.78 is 77.9. The van der Waals surface area contributed by atoms with Crippen molar-refractivity contribution in [2.75, 3.05) is 0 Å². The van der Waals surface area contributed by atoms with Crippen LogP contribution in [0.5, 0.6) is 0 Å². The molecule has 0 aliphatic carbocycles. The molecule has 0 fully saturated rings. The van der Waals surface area contributed by atoms with Gasteiger partial charge in [-0.05, 0) is 48.7 Å². The molecule has 0 saturated heterocycles. The zero-order chi connectivity index (χ0) is 19.8. The highest BCUT2D eigenvalue weighted by atomic mass is 19.4. The molecule has 2 aromatic carbocycles.